The summed E-state index contributed by atoms with van der Waals surface area (Å²) >= 11 is 5.64. The number of amides is 1. The average molecular weight is 267 g/mol. The van der Waals surface area contributed by atoms with E-state index in [0.717, 1.165) is 0 Å². The van der Waals surface area contributed by atoms with Gasteiger partial charge in [0.1, 0.15) is 12.2 Å². The summed E-state index contributed by atoms with van der Waals surface area (Å²) in [5.41, 5.74) is -0.0939. The number of rotatable bonds is 3. The Morgan fingerprint density at radius 1 is 1.53 bits per heavy atom. The summed E-state index contributed by atoms with van der Waals surface area (Å²) in [5, 5.41) is 0.256. The summed E-state index contributed by atoms with van der Waals surface area (Å²) in [6.07, 6.45) is -3.15. The van der Waals surface area contributed by atoms with Gasteiger partial charge in [0.05, 0.1) is 0 Å². The van der Waals surface area contributed by atoms with Crippen molar-refractivity contribution in [2.24, 2.45) is 0 Å². The van der Waals surface area contributed by atoms with Gasteiger partial charge in [0.2, 0.25) is 0 Å². The van der Waals surface area contributed by atoms with Crippen LogP contribution in [0.5, 0.6) is 0 Å². The molecule has 0 aliphatic heterocycles. The van der Waals surface area contributed by atoms with Crippen molar-refractivity contribution in [1.29, 1.82) is 0 Å². The lowest BCUT2D eigenvalue weighted by Crippen LogP contribution is -2.39. The second-order valence-electron chi connectivity index (χ2n) is 3.29. The zero-order valence-electron chi connectivity index (χ0n) is 8.96. The topological polar surface area (TPSA) is 33.2 Å². The van der Waals surface area contributed by atoms with E-state index in [4.69, 9.17) is 11.6 Å². The molecule has 7 heteroatoms. The molecule has 0 bridgehead atoms. The molecule has 0 fully saturated rings. The van der Waals surface area contributed by atoms with E-state index in [0.29, 0.717) is 4.90 Å². The predicted octanol–water partition coefficient (Wildman–Crippen LogP) is 2.76. The van der Waals surface area contributed by atoms with Gasteiger partial charge in [0.25, 0.3) is 5.91 Å². The molecular formula is C10H10ClF3N2O. The fourth-order valence-corrected chi connectivity index (χ4v) is 1.39. The van der Waals surface area contributed by atoms with Crippen LogP contribution in [-0.2, 0) is 0 Å². The number of carbonyl (C=O) groups excluding carboxylic acids is 1. The molecule has 3 nitrogen and oxygen atoms in total. The Morgan fingerprint density at radius 3 is 2.65 bits per heavy atom. The van der Waals surface area contributed by atoms with Gasteiger partial charge < -0.3 is 4.90 Å². The number of carbonyl (C=O) groups is 1. The summed E-state index contributed by atoms with van der Waals surface area (Å²) in [6.45, 7) is 0.122. The van der Waals surface area contributed by atoms with Crippen LogP contribution in [0.1, 0.15) is 17.4 Å². The largest absolute Gasteiger partial charge is 0.406 e. The summed E-state index contributed by atoms with van der Waals surface area (Å²) in [6, 6.07) is 2.68. The second kappa shape index (κ2) is 5.35. The van der Waals surface area contributed by atoms with E-state index in [9.17, 15) is 18.0 Å². The number of nitrogens with zero attached hydrogens (tertiary/aromatic N) is 2. The van der Waals surface area contributed by atoms with E-state index < -0.39 is 18.6 Å². The Kier molecular flexibility index (Phi) is 4.34. The van der Waals surface area contributed by atoms with Gasteiger partial charge in [-0.3, -0.25) is 9.78 Å². The Hall–Kier alpha value is -1.30. The fraction of sp³-hybridized carbons (Fsp3) is 0.400. The molecule has 0 N–H and O–H groups in total. The number of halogens is 4. The molecule has 0 spiro atoms. The molecule has 0 aliphatic carbocycles. The molecule has 0 aromatic carbocycles. The van der Waals surface area contributed by atoms with E-state index in [1.165, 1.54) is 25.3 Å². The normalized spacial score (nSPS) is 11.4. The van der Waals surface area contributed by atoms with Crippen molar-refractivity contribution in [2.75, 3.05) is 13.1 Å². The van der Waals surface area contributed by atoms with E-state index in [-0.39, 0.29) is 17.3 Å². The highest BCUT2D eigenvalue weighted by Gasteiger charge is 2.32. The molecule has 0 saturated heterocycles. The summed E-state index contributed by atoms with van der Waals surface area (Å²) < 4.78 is 36.6. The first-order valence-corrected chi connectivity index (χ1v) is 5.19. The Morgan fingerprint density at radius 2 is 2.18 bits per heavy atom. The minimum atomic E-state index is -4.43. The molecule has 0 unspecified atom stereocenters. The Balaban J connectivity index is 2.87. The van der Waals surface area contributed by atoms with Crippen LogP contribution in [0.2, 0.25) is 5.02 Å². The zero-order valence-corrected chi connectivity index (χ0v) is 9.72. The van der Waals surface area contributed by atoms with Crippen LogP contribution in [0.4, 0.5) is 13.2 Å². The maximum absolute atomic E-state index is 12.2. The van der Waals surface area contributed by atoms with Crippen molar-refractivity contribution in [3.63, 3.8) is 0 Å². The summed E-state index contributed by atoms with van der Waals surface area (Å²) in [7, 11) is 0. The molecule has 1 rings (SSSR count). The first-order valence-electron chi connectivity index (χ1n) is 4.81. The minimum absolute atomic E-state index is 0.0491. The van der Waals surface area contributed by atoms with Crippen molar-refractivity contribution in [2.45, 2.75) is 13.1 Å². The molecule has 0 aliphatic rings. The highest BCUT2D eigenvalue weighted by Crippen LogP contribution is 2.18. The van der Waals surface area contributed by atoms with Crippen molar-refractivity contribution in [3.8, 4) is 0 Å². The standard InChI is InChI=1S/C10H10ClF3N2O/c1-2-16(6-10(12,13)14)9(17)8-5-7(11)3-4-15-8/h3-5H,2,6H2,1H3. The zero-order chi connectivity index (χ0) is 13.1. The second-order valence-corrected chi connectivity index (χ2v) is 3.73. The summed E-state index contributed by atoms with van der Waals surface area (Å²) in [4.78, 5) is 16.1. The molecule has 1 amide bonds. The van der Waals surface area contributed by atoms with Crippen molar-refractivity contribution < 1.29 is 18.0 Å². The van der Waals surface area contributed by atoms with Crippen molar-refractivity contribution in [3.05, 3.63) is 29.0 Å². The highest BCUT2D eigenvalue weighted by molar-refractivity contribution is 6.30. The quantitative estimate of drug-likeness (QED) is 0.843. The molecule has 0 radical (unpaired) electrons. The van der Waals surface area contributed by atoms with Gasteiger partial charge in [-0.2, -0.15) is 13.2 Å². The first-order chi connectivity index (χ1) is 7.83. The Bertz CT molecular complexity index is 409. The lowest BCUT2D eigenvalue weighted by molar-refractivity contribution is -0.140. The third-order valence-corrected chi connectivity index (χ3v) is 2.22. The monoisotopic (exact) mass is 266 g/mol. The molecule has 1 aromatic rings. The number of pyridine rings is 1. The lowest BCUT2D eigenvalue weighted by Gasteiger charge is -2.21. The van der Waals surface area contributed by atoms with Gasteiger partial charge in [0, 0.05) is 17.8 Å². The summed E-state index contributed by atoms with van der Waals surface area (Å²) in [5.74, 6) is -0.785. The average Bonchev–Trinajstić information content (AvgIpc) is 2.23. The molecule has 94 valence electrons. The van der Waals surface area contributed by atoms with Crippen LogP contribution < -0.4 is 0 Å². The van der Waals surface area contributed by atoms with E-state index >= 15 is 0 Å². The minimum Gasteiger partial charge on any atom is -0.328 e. The third-order valence-electron chi connectivity index (χ3n) is 1.98. The van der Waals surface area contributed by atoms with Crippen LogP contribution in [0.15, 0.2) is 18.3 Å². The van der Waals surface area contributed by atoms with Gasteiger partial charge >= 0.3 is 6.18 Å². The maximum atomic E-state index is 12.2. The van der Waals surface area contributed by atoms with Crippen LogP contribution in [0.25, 0.3) is 0 Å². The van der Waals surface area contributed by atoms with Crippen molar-refractivity contribution >= 4 is 17.5 Å². The van der Waals surface area contributed by atoms with E-state index in [1.807, 2.05) is 0 Å². The lowest BCUT2D eigenvalue weighted by atomic mass is 10.3. The third kappa shape index (κ3) is 4.22. The number of alkyl halides is 3. The van der Waals surface area contributed by atoms with Crippen LogP contribution in [0.3, 0.4) is 0 Å². The number of hydrogen-bond donors (Lipinski definition) is 0. The Labute approximate surface area is 101 Å². The first kappa shape index (κ1) is 13.8. The molecule has 17 heavy (non-hydrogen) atoms. The highest BCUT2D eigenvalue weighted by atomic mass is 35.5. The van der Waals surface area contributed by atoms with Crippen LogP contribution >= 0.6 is 11.6 Å². The van der Waals surface area contributed by atoms with Gasteiger partial charge in [-0.15, -0.1) is 0 Å². The van der Waals surface area contributed by atoms with Gasteiger partial charge in [-0.05, 0) is 19.1 Å². The van der Waals surface area contributed by atoms with E-state index in [1.54, 1.807) is 0 Å². The molecule has 1 aromatic heterocycles. The van der Waals surface area contributed by atoms with E-state index in [2.05, 4.69) is 4.98 Å². The SMILES string of the molecule is CCN(CC(F)(F)F)C(=O)c1cc(Cl)ccn1. The maximum Gasteiger partial charge on any atom is 0.406 e. The van der Waals surface area contributed by atoms with Crippen molar-refractivity contribution in [1.82, 2.24) is 9.88 Å². The van der Waals surface area contributed by atoms with Crippen LogP contribution in [0, 0.1) is 0 Å². The molecule has 1 heterocycles. The number of hydrogen-bond acceptors (Lipinski definition) is 2. The smallest absolute Gasteiger partial charge is 0.328 e. The predicted molar refractivity (Wildman–Crippen MR) is 56.9 cm³/mol. The molecular weight excluding hydrogens is 257 g/mol. The molecule has 0 saturated carbocycles. The van der Waals surface area contributed by atoms with Gasteiger partial charge in [-0.1, -0.05) is 11.6 Å². The van der Waals surface area contributed by atoms with Gasteiger partial charge in [0.15, 0.2) is 0 Å². The number of aromatic nitrogens is 1. The van der Waals surface area contributed by atoms with Gasteiger partial charge in [-0.25, -0.2) is 0 Å². The van der Waals surface area contributed by atoms with Crippen LogP contribution in [-0.4, -0.2) is 35.1 Å². The molecule has 0 atom stereocenters. The fourth-order valence-electron chi connectivity index (χ4n) is 1.23.